The molecular formula is C26H21N3O2. The van der Waals surface area contributed by atoms with Crippen LogP contribution in [0.15, 0.2) is 78.5 Å². The van der Waals surface area contributed by atoms with Gasteiger partial charge in [-0.2, -0.15) is 10.4 Å². The zero-order valence-electron chi connectivity index (χ0n) is 17.2. The standard InChI is InChI=1S/C26H21N3O2/c1-17-22-13-12-19-16-29(25(31)18-8-4-2-5-9-18)28-24(19)26(22,14-20(15-27)23(17)30)21-10-6-3-7-11-21/h2-11,14,16-17,22H,12-13H2,1H3/t17?,22?,26-/m1/s1. The zero-order valence-corrected chi connectivity index (χ0v) is 17.2. The molecule has 0 radical (unpaired) electrons. The number of nitriles is 1. The van der Waals surface area contributed by atoms with E-state index in [1.54, 1.807) is 18.2 Å². The summed E-state index contributed by atoms with van der Waals surface area (Å²) in [6.07, 6.45) is 5.14. The number of benzene rings is 2. The Morgan fingerprint density at radius 3 is 2.48 bits per heavy atom. The lowest BCUT2D eigenvalue weighted by Crippen LogP contribution is -2.48. The fourth-order valence-electron chi connectivity index (χ4n) is 5.25. The molecule has 2 aliphatic rings. The van der Waals surface area contributed by atoms with Crippen LogP contribution in [0.1, 0.15) is 40.5 Å². The molecule has 0 aliphatic heterocycles. The number of aryl methyl sites for hydroxylation is 1. The summed E-state index contributed by atoms with van der Waals surface area (Å²) >= 11 is 0. The second-order valence-corrected chi connectivity index (χ2v) is 8.32. The van der Waals surface area contributed by atoms with E-state index in [2.05, 4.69) is 6.07 Å². The summed E-state index contributed by atoms with van der Waals surface area (Å²) in [5, 5.41) is 14.5. The highest BCUT2D eigenvalue weighted by Crippen LogP contribution is 2.53. The molecule has 1 heterocycles. The molecule has 2 unspecified atom stereocenters. The Morgan fingerprint density at radius 2 is 1.81 bits per heavy atom. The van der Waals surface area contributed by atoms with Crippen LogP contribution < -0.4 is 0 Å². The minimum absolute atomic E-state index is 0.0258. The van der Waals surface area contributed by atoms with Crippen LogP contribution in [0.4, 0.5) is 0 Å². The average Bonchev–Trinajstić information content (AvgIpc) is 3.27. The first-order valence-corrected chi connectivity index (χ1v) is 10.5. The van der Waals surface area contributed by atoms with E-state index in [0.29, 0.717) is 5.56 Å². The predicted molar refractivity (Wildman–Crippen MR) is 115 cm³/mol. The second kappa shape index (κ2) is 7.17. The van der Waals surface area contributed by atoms with Gasteiger partial charge in [-0.1, -0.05) is 55.5 Å². The molecule has 0 spiro atoms. The number of carbonyl (C=O) groups excluding carboxylic acids is 2. The van der Waals surface area contributed by atoms with Crippen LogP contribution >= 0.6 is 0 Å². The monoisotopic (exact) mass is 407 g/mol. The quantitative estimate of drug-likeness (QED) is 0.641. The topological polar surface area (TPSA) is 75.8 Å². The Kier molecular flexibility index (Phi) is 4.44. The fourth-order valence-corrected chi connectivity index (χ4v) is 5.25. The predicted octanol–water partition coefficient (Wildman–Crippen LogP) is 4.09. The summed E-state index contributed by atoms with van der Waals surface area (Å²) in [7, 11) is 0. The molecule has 5 heteroatoms. The molecule has 0 saturated heterocycles. The van der Waals surface area contributed by atoms with Crippen LogP contribution in [0.2, 0.25) is 0 Å². The van der Waals surface area contributed by atoms with Crippen LogP contribution in [0, 0.1) is 23.2 Å². The van der Waals surface area contributed by atoms with Crippen LogP contribution in [-0.2, 0) is 16.6 Å². The second-order valence-electron chi connectivity index (χ2n) is 8.32. The highest BCUT2D eigenvalue weighted by Gasteiger charge is 2.53. The van der Waals surface area contributed by atoms with Crippen molar-refractivity contribution in [3.05, 3.63) is 101 Å². The number of carbonyl (C=O) groups is 2. The van der Waals surface area contributed by atoms with E-state index in [1.165, 1.54) is 4.68 Å². The van der Waals surface area contributed by atoms with Crippen LogP contribution in [0.3, 0.4) is 0 Å². The number of nitrogens with zero attached hydrogens (tertiary/aromatic N) is 3. The largest absolute Gasteiger partial charge is 0.293 e. The molecule has 3 aromatic rings. The SMILES string of the molecule is CC1C(=O)C(C#N)=C[C@]2(c3ccccc3)c3nn(C(=O)c4ccccc4)cc3CCC12. The van der Waals surface area contributed by atoms with Gasteiger partial charge in [0.1, 0.15) is 6.07 Å². The van der Waals surface area contributed by atoms with Gasteiger partial charge in [0.2, 0.25) is 0 Å². The van der Waals surface area contributed by atoms with Crippen molar-refractivity contribution >= 4 is 11.7 Å². The summed E-state index contributed by atoms with van der Waals surface area (Å²) in [5.41, 5.74) is 2.77. The van der Waals surface area contributed by atoms with Gasteiger partial charge in [-0.3, -0.25) is 9.59 Å². The molecule has 0 saturated carbocycles. The molecule has 3 atom stereocenters. The van der Waals surface area contributed by atoms with E-state index in [-0.39, 0.29) is 29.1 Å². The lowest BCUT2D eigenvalue weighted by Gasteiger charge is -2.46. The van der Waals surface area contributed by atoms with Gasteiger partial charge >= 0.3 is 0 Å². The van der Waals surface area contributed by atoms with Crippen molar-refractivity contribution in [2.45, 2.75) is 25.2 Å². The fraction of sp³-hybridized carbons (Fsp3) is 0.231. The first kappa shape index (κ1) is 19.2. The van der Waals surface area contributed by atoms with E-state index in [1.807, 2.05) is 61.7 Å². The van der Waals surface area contributed by atoms with Crippen molar-refractivity contribution in [2.75, 3.05) is 0 Å². The van der Waals surface area contributed by atoms with Gasteiger partial charge < -0.3 is 0 Å². The lowest BCUT2D eigenvalue weighted by atomic mass is 9.54. The Hall–Kier alpha value is -3.78. The van der Waals surface area contributed by atoms with Crippen LogP contribution in [0.5, 0.6) is 0 Å². The molecule has 0 bridgehead atoms. The summed E-state index contributed by atoms with van der Waals surface area (Å²) in [4.78, 5) is 25.9. The molecule has 0 amide bonds. The number of ketones is 1. The molecule has 1 aromatic heterocycles. The molecule has 0 N–H and O–H groups in total. The zero-order chi connectivity index (χ0) is 21.6. The normalized spacial score (nSPS) is 24.5. The van der Waals surface area contributed by atoms with Crippen molar-refractivity contribution in [1.29, 1.82) is 5.26 Å². The number of hydrogen-bond donors (Lipinski definition) is 0. The van der Waals surface area contributed by atoms with Gasteiger partial charge in [0.25, 0.3) is 5.91 Å². The van der Waals surface area contributed by atoms with Gasteiger partial charge in [0.15, 0.2) is 5.78 Å². The van der Waals surface area contributed by atoms with E-state index in [0.717, 1.165) is 29.7 Å². The van der Waals surface area contributed by atoms with Gasteiger partial charge in [-0.25, -0.2) is 4.68 Å². The van der Waals surface area contributed by atoms with Crippen LogP contribution in [-0.4, -0.2) is 21.5 Å². The summed E-state index contributed by atoms with van der Waals surface area (Å²) < 4.78 is 1.41. The van der Waals surface area contributed by atoms with E-state index in [9.17, 15) is 14.9 Å². The number of rotatable bonds is 2. The smallest absolute Gasteiger partial charge is 0.278 e. The molecule has 31 heavy (non-hydrogen) atoms. The van der Waals surface area contributed by atoms with Crippen LogP contribution in [0.25, 0.3) is 0 Å². The summed E-state index contributed by atoms with van der Waals surface area (Å²) in [5.74, 6) is -0.633. The first-order chi connectivity index (χ1) is 15.1. The molecular weight excluding hydrogens is 386 g/mol. The Morgan fingerprint density at radius 1 is 1.13 bits per heavy atom. The van der Waals surface area contributed by atoms with E-state index >= 15 is 0 Å². The molecule has 2 aliphatic carbocycles. The lowest BCUT2D eigenvalue weighted by molar-refractivity contribution is -0.121. The molecule has 5 nitrogen and oxygen atoms in total. The van der Waals surface area contributed by atoms with E-state index in [4.69, 9.17) is 5.10 Å². The maximum Gasteiger partial charge on any atom is 0.278 e. The third kappa shape index (κ3) is 2.79. The Balaban J connectivity index is 1.75. The number of Topliss-reactive ketones (excluding diaryl/α,β-unsaturated/α-hetero) is 1. The average molecular weight is 407 g/mol. The molecule has 5 rings (SSSR count). The Bertz CT molecular complexity index is 1250. The number of allylic oxidation sites excluding steroid dienone is 2. The highest BCUT2D eigenvalue weighted by molar-refractivity contribution is 6.02. The third-order valence-corrected chi connectivity index (χ3v) is 6.75. The number of aromatic nitrogens is 2. The summed E-state index contributed by atoms with van der Waals surface area (Å²) in [6.45, 7) is 1.91. The maximum absolute atomic E-state index is 13.1. The molecule has 2 aromatic carbocycles. The van der Waals surface area contributed by atoms with Crippen molar-refractivity contribution in [3.8, 4) is 6.07 Å². The van der Waals surface area contributed by atoms with Gasteiger partial charge in [0.05, 0.1) is 16.7 Å². The third-order valence-electron chi connectivity index (χ3n) is 6.75. The van der Waals surface area contributed by atoms with Gasteiger partial charge in [0, 0.05) is 17.7 Å². The van der Waals surface area contributed by atoms with Gasteiger partial charge in [-0.15, -0.1) is 0 Å². The number of fused-ring (bicyclic) bond motifs is 3. The van der Waals surface area contributed by atoms with Crippen molar-refractivity contribution in [1.82, 2.24) is 9.78 Å². The van der Waals surface area contributed by atoms with E-state index < -0.39 is 5.41 Å². The van der Waals surface area contributed by atoms with Crippen molar-refractivity contribution in [2.24, 2.45) is 11.8 Å². The minimum atomic E-state index is -0.713. The molecule has 0 fully saturated rings. The highest BCUT2D eigenvalue weighted by atomic mass is 16.2. The van der Waals surface area contributed by atoms with Gasteiger partial charge in [-0.05, 0) is 48.1 Å². The number of hydrogen-bond acceptors (Lipinski definition) is 4. The summed E-state index contributed by atoms with van der Waals surface area (Å²) in [6, 6.07) is 21.1. The maximum atomic E-state index is 13.1. The first-order valence-electron chi connectivity index (χ1n) is 10.5. The Labute approximate surface area is 180 Å². The van der Waals surface area contributed by atoms with Crippen molar-refractivity contribution in [3.63, 3.8) is 0 Å². The van der Waals surface area contributed by atoms with Crippen molar-refractivity contribution < 1.29 is 9.59 Å². The molecule has 152 valence electrons. The minimum Gasteiger partial charge on any atom is -0.293 e.